The molecular formula is C13H16O2. The molecule has 1 rings (SSSR count). The molecule has 0 aliphatic carbocycles. The average Bonchev–Trinajstić information content (AvgIpc) is 2.19. The van der Waals surface area contributed by atoms with E-state index < -0.39 is 6.10 Å². The third kappa shape index (κ3) is 3.58. The minimum atomic E-state index is -0.427. The van der Waals surface area contributed by atoms with Crippen molar-refractivity contribution in [2.24, 2.45) is 0 Å². The molecule has 0 saturated carbocycles. The van der Waals surface area contributed by atoms with Gasteiger partial charge in [-0.25, -0.2) is 0 Å². The number of para-hydroxylation sites is 1. The molecule has 0 heterocycles. The number of benzene rings is 1. The van der Waals surface area contributed by atoms with Crippen molar-refractivity contribution >= 4 is 6.29 Å². The lowest BCUT2D eigenvalue weighted by atomic mass is 10.1. The summed E-state index contributed by atoms with van der Waals surface area (Å²) < 4.78 is 5.58. The zero-order valence-corrected chi connectivity index (χ0v) is 9.19. The molecule has 0 bridgehead atoms. The molecule has 1 unspecified atom stereocenters. The maximum absolute atomic E-state index is 10.8. The maximum Gasteiger partial charge on any atom is 0.160 e. The molecule has 0 fully saturated rings. The van der Waals surface area contributed by atoms with Gasteiger partial charge in [-0.2, -0.15) is 0 Å². The predicted molar refractivity (Wildman–Crippen MR) is 61.1 cm³/mol. The highest BCUT2D eigenvalue weighted by atomic mass is 16.5. The first-order valence-electron chi connectivity index (χ1n) is 4.95. The monoisotopic (exact) mass is 204 g/mol. The predicted octanol–water partition coefficient (Wildman–Crippen LogP) is 2.91. The van der Waals surface area contributed by atoms with E-state index in [1.165, 1.54) is 0 Å². The summed E-state index contributed by atoms with van der Waals surface area (Å²) >= 11 is 0. The summed E-state index contributed by atoms with van der Waals surface area (Å²) in [6.45, 7) is 7.61. The smallest absolute Gasteiger partial charge is 0.160 e. The molecule has 2 heteroatoms. The van der Waals surface area contributed by atoms with Crippen molar-refractivity contribution in [3.63, 3.8) is 0 Å². The molecule has 0 aromatic heterocycles. The van der Waals surface area contributed by atoms with Crippen molar-refractivity contribution in [1.29, 1.82) is 0 Å². The molecule has 1 aromatic carbocycles. The van der Waals surface area contributed by atoms with E-state index in [-0.39, 0.29) is 0 Å². The van der Waals surface area contributed by atoms with Crippen molar-refractivity contribution in [3.8, 4) is 5.75 Å². The zero-order chi connectivity index (χ0) is 11.3. The van der Waals surface area contributed by atoms with E-state index in [1.54, 1.807) is 0 Å². The number of rotatable bonds is 5. The molecule has 15 heavy (non-hydrogen) atoms. The molecule has 1 aromatic rings. The Morgan fingerprint density at radius 1 is 1.53 bits per heavy atom. The molecule has 0 radical (unpaired) electrons. The van der Waals surface area contributed by atoms with Crippen LogP contribution in [0.2, 0.25) is 0 Å². The topological polar surface area (TPSA) is 26.3 Å². The van der Waals surface area contributed by atoms with Gasteiger partial charge >= 0.3 is 0 Å². The second-order valence-corrected chi connectivity index (χ2v) is 3.72. The van der Waals surface area contributed by atoms with E-state index in [4.69, 9.17) is 4.74 Å². The fourth-order valence-corrected chi connectivity index (χ4v) is 1.31. The minimum absolute atomic E-state index is 0.427. The molecule has 1 atom stereocenters. The molecule has 0 saturated heterocycles. The highest BCUT2D eigenvalue weighted by molar-refractivity contribution is 5.57. The Balaban J connectivity index is 2.71. The van der Waals surface area contributed by atoms with Crippen LogP contribution in [0.4, 0.5) is 0 Å². The molecule has 0 aliphatic heterocycles. The fourth-order valence-electron chi connectivity index (χ4n) is 1.31. The normalized spacial score (nSPS) is 11.9. The minimum Gasteiger partial charge on any atom is -0.482 e. The molecular weight excluding hydrogens is 188 g/mol. The molecule has 80 valence electrons. The quantitative estimate of drug-likeness (QED) is 0.544. The summed E-state index contributed by atoms with van der Waals surface area (Å²) in [6, 6.07) is 7.66. The van der Waals surface area contributed by atoms with E-state index in [0.717, 1.165) is 23.2 Å². The van der Waals surface area contributed by atoms with Gasteiger partial charge in [0.05, 0.1) is 0 Å². The van der Waals surface area contributed by atoms with Gasteiger partial charge in [0.1, 0.15) is 5.75 Å². The van der Waals surface area contributed by atoms with Crippen molar-refractivity contribution in [3.05, 3.63) is 42.0 Å². The lowest BCUT2D eigenvalue weighted by Crippen LogP contribution is -2.18. The van der Waals surface area contributed by atoms with E-state index in [0.29, 0.717) is 6.42 Å². The molecule has 0 amide bonds. The van der Waals surface area contributed by atoms with E-state index >= 15 is 0 Å². The number of carbonyl (C=O) groups is 1. The number of hydrogen-bond acceptors (Lipinski definition) is 2. The number of hydrogen-bond donors (Lipinski definition) is 0. The van der Waals surface area contributed by atoms with Gasteiger partial charge in [-0.1, -0.05) is 30.4 Å². The lowest BCUT2D eigenvalue weighted by Gasteiger charge is -2.14. The highest BCUT2D eigenvalue weighted by Gasteiger charge is 2.10. The summed E-state index contributed by atoms with van der Waals surface area (Å²) in [4.78, 5) is 10.8. The van der Waals surface area contributed by atoms with Gasteiger partial charge in [-0.3, -0.25) is 4.79 Å². The summed E-state index contributed by atoms with van der Waals surface area (Å²) in [6.07, 6.45) is 0.961. The van der Waals surface area contributed by atoms with Crippen LogP contribution in [0.15, 0.2) is 36.4 Å². The first kappa shape index (κ1) is 11.5. The molecule has 0 spiro atoms. The van der Waals surface area contributed by atoms with Crippen LogP contribution >= 0.6 is 0 Å². The third-order valence-corrected chi connectivity index (χ3v) is 2.07. The van der Waals surface area contributed by atoms with Crippen LogP contribution in [0.1, 0.15) is 18.9 Å². The summed E-state index contributed by atoms with van der Waals surface area (Å²) in [5.41, 5.74) is 1.98. The largest absolute Gasteiger partial charge is 0.482 e. The van der Waals surface area contributed by atoms with Crippen molar-refractivity contribution in [2.45, 2.75) is 26.4 Å². The van der Waals surface area contributed by atoms with Gasteiger partial charge in [-0.05, 0) is 25.5 Å². The van der Waals surface area contributed by atoms with Gasteiger partial charge in [0, 0.05) is 6.42 Å². The van der Waals surface area contributed by atoms with Crippen LogP contribution < -0.4 is 4.74 Å². The number of aldehydes is 1. The number of aryl methyl sites for hydroxylation is 1. The summed E-state index contributed by atoms with van der Waals surface area (Å²) in [7, 11) is 0. The van der Waals surface area contributed by atoms with Gasteiger partial charge in [0.25, 0.3) is 0 Å². The molecule has 0 N–H and O–H groups in total. The van der Waals surface area contributed by atoms with Gasteiger partial charge < -0.3 is 4.74 Å². The number of ether oxygens (including phenoxy) is 1. The lowest BCUT2D eigenvalue weighted by molar-refractivity contribution is -0.113. The van der Waals surface area contributed by atoms with E-state index in [1.807, 2.05) is 38.1 Å². The number of carbonyl (C=O) groups excluding carboxylic acids is 1. The van der Waals surface area contributed by atoms with E-state index in [2.05, 4.69) is 6.58 Å². The third-order valence-electron chi connectivity index (χ3n) is 2.07. The Morgan fingerprint density at radius 3 is 2.73 bits per heavy atom. The second kappa shape index (κ2) is 5.35. The fraction of sp³-hybridized carbons (Fsp3) is 0.308. The van der Waals surface area contributed by atoms with Crippen LogP contribution in [0.25, 0.3) is 0 Å². The molecule has 0 aliphatic rings. The van der Waals surface area contributed by atoms with Gasteiger partial charge in [-0.15, -0.1) is 0 Å². The van der Waals surface area contributed by atoms with Crippen LogP contribution in [0.3, 0.4) is 0 Å². The Bertz CT molecular complexity index is 355. The second-order valence-electron chi connectivity index (χ2n) is 3.72. The van der Waals surface area contributed by atoms with Crippen LogP contribution in [0.5, 0.6) is 5.75 Å². The van der Waals surface area contributed by atoms with Crippen molar-refractivity contribution in [1.82, 2.24) is 0 Å². The van der Waals surface area contributed by atoms with Gasteiger partial charge in [0.2, 0.25) is 0 Å². The SMILES string of the molecule is C=C(C)CC(C=O)Oc1ccccc1C. The molecule has 2 nitrogen and oxygen atoms in total. The van der Waals surface area contributed by atoms with Crippen LogP contribution in [0, 0.1) is 6.92 Å². The zero-order valence-electron chi connectivity index (χ0n) is 9.19. The van der Waals surface area contributed by atoms with Crippen molar-refractivity contribution in [2.75, 3.05) is 0 Å². The van der Waals surface area contributed by atoms with Crippen LogP contribution in [-0.4, -0.2) is 12.4 Å². The highest BCUT2D eigenvalue weighted by Crippen LogP contribution is 2.19. The Morgan fingerprint density at radius 2 is 2.20 bits per heavy atom. The Hall–Kier alpha value is -1.57. The maximum atomic E-state index is 10.8. The van der Waals surface area contributed by atoms with Crippen LogP contribution in [-0.2, 0) is 4.79 Å². The summed E-state index contributed by atoms with van der Waals surface area (Å²) in [5.74, 6) is 0.760. The standard InChI is InChI=1S/C13H16O2/c1-10(2)8-12(9-14)15-13-7-5-4-6-11(13)3/h4-7,9,12H,1,8H2,2-3H3. The van der Waals surface area contributed by atoms with E-state index in [9.17, 15) is 4.79 Å². The van der Waals surface area contributed by atoms with Gasteiger partial charge in [0.15, 0.2) is 12.4 Å². The Labute approximate surface area is 90.6 Å². The van der Waals surface area contributed by atoms with Crippen molar-refractivity contribution < 1.29 is 9.53 Å². The first-order valence-corrected chi connectivity index (χ1v) is 4.95. The summed E-state index contributed by atoms with van der Waals surface area (Å²) in [5, 5.41) is 0. The average molecular weight is 204 g/mol. The first-order chi connectivity index (χ1) is 7.13. The Kier molecular flexibility index (Phi) is 4.10.